The molecule has 0 aliphatic heterocycles. The molecule has 3 aromatic rings. The van der Waals surface area contributed by atoms with Gasteiger partial charge in [0.1, 0.15) is 0 Å². The van der Waals surface area contributed by atoms with E-state index in [9.17, 15) is 18.3 Å². The molecule has 0 spiro atoms. The molecule has 0 atom stereocenters. The molecule has 1 heterocycles. The van der Waals surface area contributed by atoms with Crippen molar-refractivity contribution >= 4 is 11.8 Å². The Hall–Kier alpha value is -2.25. The van der Waals surface area contributed by atoms with Crippen LogP contribution in [0.4, 0.5) is 13.2 Å². The van der Waals surface area contributed by atoms with Crippen molar-refractivity contribution in [3.05, 3.63) is 82.7 Å². The highest BCUT2D eigenvalue weighted by Gasteiger charge is 2.30. The first kappa shape index (κ1) is 19.5. The first-order valence-electron chi connectivity index (χ1n) is 8.37. The number of hydrogen-bond donors (Lipinski definition) is 1. The summed E-state index contributed by atoms with van der Waals surface area (Å²) in [5.41, 5.74) is 2.74. The van der Waals surface area contributed by atoms with Crippen molar-refractivity contribution in [1.82, 2.24) is 9.55 Å². The molecule has 7 heteroatoms. The Morgan fingerprint density at radius 1 is 1.11 bits per heavy atom. The molecule has 0 unspecified atom stereocenters. The third-order valence-corrected chi connectivity index (χ3v) is 5.32. The van der Waals surface area contributed by atoms with E-state index in [2.05, 4.69) is 4.98 Å². The van der Waals surface area contributed by atoms with Gasteiger partial charge in [-0.15, -0.1) is 0 Å². The van der Waals surface area contributed by atoms with Gasteiger partial charge in [0.2, 0.25) is 0 Å². The van der Waals surface area contributed by atoms with E-state index >= 15 is 0 Å². The molecule has 1 aromatic heterocycles. The fourth-order valence-corrected chi connectivity index (χ4v) is 3.82. The molecule has 0 amide bonds. The van der Waals surface area contributed by atoms with Gasteiger partial charge in [-0.25, -0.2) is 4.98 Å². The average Bonchev–Trinajstić information content (AvgIpc) is 3.02. The molecule has 0 saturated heterocycles. The van der Waals surface area contributed by atoms with Crippen LogP contribution in [0.3, 0.4) is 0 Å². The van der Waals surface area contributed by atoms with Crippen molar-refractivity contribution in [1.29, 1.82) is 0 Å². The third-order valence-electron chi connectivity index (χ3n) is 4.28. The van der Waals surface area contributed by atoms with Crippen LogP contribution in [-0.4, -0.2) is 14.7 Å². The number of nitrogens with zero attached hydrogens (tertiary/aromatic N) is 2. The van der Waals surface area contributed by atoms with Crippen LogP contribution in [-0.2, 0) is 25.1 Å². The van der Waals surface area contributed by atoms with Gasteiger partial charge in [0.05, 0.1) is 24.1 Å². The minimum Gasteiger partial charge on any atom is -0.390 e. The summed E-state index contributed by atoms with van der Waals surface area (Å²) in [6.07, 6.45) is -2.82. The number of alkyl halides is 3. The van der Waals surface area contributed by atoms with Crippen LogP contribution in [0.25, 0.3) is 0 Å². The van der Waals surface area contributed by atoms with Crippen molar-refractivity contribution < 1.29 is 18.3 Å². The summed E-state index contributed by atoms with van der Waals surface area (Å²) in [5, 5.41) is 10.2. The number of halogens is 3. The highest BCUT2D eigenvalue weighted by atomic mass is 32.2. The summed E-state index contributed by atoms with van der Waals surface area (Å²) < 4.78 is 40.6. The highest BCUT2D eigenvalue weighted by Crippen LogP contribution is 2.30. The van der Waals surface area contributed by atoms with Crippen molar-refractivity contribution in [2.24, 2.45) is 0 Å². The van der Waals surface area contributed by atoms with Gasteiger partial charge in [-0.3, -0.25) is 0 Å². The van der Waals surface area contributed by atoms with E-state index in [1.54, 1.807) is 16.8 Å². The predicted molar refractivity (Wildman–Crippen MR) is 99.4 cm³/mol. The predicted octanol–water partition coefficient (Wildman–Crippen LogP) is 5.04. The van der Waals surface area contributed by atoms with Crippen molar-refractivity contribution in [2.75, 3.05) is 0 Å². The maximum Gasteiger partial charge on any atom is 0.416 e. The van der Waals surface area contributed by atoms with Gasteiger partial charge >= 0.3 is 6.18 Å². The molecular weight excluding hydrogens is 373 g/mol. The van der Waals surface area contributed by atoms with Gasteiger partial charge < -0.3 is 9.67 Å². The fraction of sp³-hybridized carbons (Fsp3) is 0.250. The summed E-state index contributed by atoms with van der Waals surface area (Å²) in [4.78, 5) is 4.34. The lowest BCUT2D eigenvalue weighted by molar-refractivity contribution is -0.137. The lowest BCUT2D eigenvalue weighted by Crippen LogP contribution is -2.09. The maximum atomic E-state index is 13.0. The Balaban J connectivity index is 1.83. The summed E-state index contributed by atoms with van der Waals surface area (Å²) in [6, 6.07) is 13.2. The number of aliphatic hydroxyl groups excluding tert-OH is 1. The number of hydrogen-bond acceptors (Lipinski definition) is 3. The molecule has 3 rings (SSSR count). The normalized spacial score (nSPS) is 11.7. The zero-order valence-electron chi connectivity index (χ0n) is 14.7. The first-order chi connectivity index (χ1) is 12.9. The zero-order chi connectivity index (χ0) is 19.4. The van der Waals surface area contributed by atoms with Crippen LogP contribution < -0.4 is 0 Å². The van der Waals surface area contributed by atoms with Crippen LogP contribution in [0.15, 0.2) is 59.9 Å². The van der Waals surface area contributed by atoms with E-state index in [0.717, 1.165) is 12.1 Å². The Labute approximate surface area is 159 Å². The van der Waals surface area contributed by atoms with Crippen LogP contribution in [0, 0.1) is 6.92 Å². The molecule has 0 fully saturated rings. The van der Waals surface area contributed by atoms with Crippen molar-refractivity contribution in [2.45, 2.75) is 37.2 Å². The minimum absolute atomic E-state index is 0.218. The first-order valence-corrected chi connectivity index (χ1v) is 9.35. The van der Waals surface area contributed by atoms with E-state index in [0.29, 0.717) is 22.2 Å². The number of imidazole rings is 1. The number of rotatable bonds is 6. The number of aryl methyl sites for hydroxylation is 1. The summed E-state index contributed by atoms with van der Waals surface area (Å²) in [7, 11) is 0. The van der Waals surface area contributed by atoms with Crippen molar-refractivity contribution in [3.8, 4) is 0 Å². The monoisotopic (exact) mass is 392 g/mol. The Bertz CT molecular complexity index is 922. The van der Waals surface area contributed by atoms with Crippen LogP contribution >= 0.6 is 11.8 Å². The summed E-state index contributed by atoms with van der Waals surface area (Å²) >= 11 is 1.50. The molecule has 3 nitrogen and oxygen atoms in total. The molecule has 0 aliphatic carbocycles. The Morgan fingerprint density at radius 2 is 1.89 bits per heavy atom. The van der Waals surface area contributed by atoms with Crippen LogP contribution in [0.5, 0.6) is 0 Å². The van der Waals surface area contributed by atoms with E-state index in [-0.39, 0.29) is 13.2 Å². The molecule has 0 radical (unpaired) electrons. The average molecular weight is 392 g/mol. The quantitative estimate of drug-likeness (QED) is 0.597. The van der Waals surface area contributed by atoms with Gasteiger partial charge in [0.25, 0.3) is 0 Å². The zero-order valence-corrected chi connectivity index (χ0v) is 15.5. The van der Waals surface area contributed by atoms with Gasteiger partial charge in [0.15, 0.2) is 5.16 Å². The van der Waals surface area contributed by atoms with Crippen LogP contribution in [0.1, 0.15) is 27.9 Å². The van der Waals surface area contributed by atoms with E-state index in [1.807, 2.05) is 31.2 Å². The number of thioether (sulfide) groups is 1. The second-order valence-electron chi connectivity index (χ2n) is 6.19. The smallest absolute Gasteiger partial charge is 0.390 e. The number of aromatic nitrogens is 2. The Kier molecular flexibility index (Phi) is 5.92. The molecule has 1 N–H and O–H groups in total. The molecular formula is C20H19F3N2OS. The fourth-order valence-electron chi connectivity index (χ4n) is 2.75. The lowest BCUT2D eigenvalue weighted by atomic mass is 10.1. The topological polar surface area (TPSA) is 38.1 Å². The highest BCUT2D eigenvalue weighted by molar-refractivity contribution is 7.98. The molecule has 0 bridgehead atoms. The van der Waals surface area contributed by atoms with Gasteiger partial charge in [-0.1, -0.05) is 48.2 Å². The molecule has 142 valence electrons. The molecule has 0 saturated carbocycles. The summed E-state index contributed by atoms with van der Waals surface area (Å²) in [6.45, 7) is 2.02. The second kappa shape index (κ2) is 8.19. The third kappa shape index (κ3) is 4.73. The largest absolute Gasteiger partial charge is 0.416 e. The van der Waals surface area contributed by atoms with Gasteiger partial charge in [-0.2, -0.15) is 13.2 Å². The molecule has 27 heavy (non-hydrogen) atoms. The van der Waals surface area contributed by atoms with E-state index in [1.165, 1.54) is 29.0 Å². The van der Waals surface area contributed by atoms with Crippen LogP contribution in [0.2, 0.25) is 0 Å². The molecule has 0 aliphatic rings. The van der Waals surface area contributed by atoms with E-state index in [4.69, 9.17) is 0 Å². The van der Waals surface area contributed by atoms with E-state index < -0.39 is 11.7 Å². The van der Waals surface area contributed by atoms with Gasteiger partial charge in [-0.05, 0) is 35.7 Å². The van der Waals surface area contributed by atoms with Gasteiger partial charge in [0, 0.05) is 12.3 Å². The minimum atomic E-state index is -4.38. The molecule has 2 aromatic carbocycles. The lowest BCUT2D eigenvalue weighted by Gasteiger charge is -2.13. The SMILES string of the molecule is Cc1ccccc1CSc1ncc(CO)n1Cc1cccc(C(F)(F)F)c1. The number of benzene rings is 2. The number of aliphatic hydroxyl groups is 1. The maximum absolute atomic E-state index is 13.0. The second-order valence-corrected chi connectivity index (χ2v) is 7.13. The Morgan fingerprint density at radius 3 is 2.59 bits per heavy atom. The van der Waals surface area contributed by atoms with Crippen molar-refractivity contribution in [3.63, 3.8) is 0 Å². The summed E-state index contributed by atoms with van der Waals surface area (Å²) in [5.74, 6) is 0.692. The standard InChI is InChI=1S/C20H19F3N2OS/c1-14-5-2-3-7-16(14)13-27-19-24-10-18(12-26)25(19)11-15-6-4-8-17(9-15)20(21,22)23/h2-10,26H,11-13H2,1H3.